The van der Waals surface area contributed by atoms with E-state index in [1.165, 1.54) is 10.8 Å². The lowest BCUT2D eigenvalue weighted by atomic mass is 9.79. The van der Waals surface area contributed by atoms with Crippen LogP contribution in [0.1, 0.15) is 55.5 Å². The van der Waals surface area contributed by atoms with Crippen LogP contribution in [0.5, 0.6) is 0 Å². The minimum atomic E-state index is -0.523. The Balaban J connectivity index is 1.67. The van der Waals surface area contributed by atoms with Gasteiger partial charge in [-0.15, -0.1) is 0 Å². The van der Waals surface area contributed by atoms with Gasteiger partial charge in [0.25, 0.3) is 11.5 Å². The maximum absolute atomic E-state index is 13.3. The predicted molar refractivity (Wildman–Crippen MR) is 117 cm³/mol. The number of hydrogen-bond donors (Lipinski definition) is 1. The van der Waals surface area contributed by atoms with Gasteiger partial charge in [0.05, 0.1) is 17.1 Å². The topological polar surface area (TPSA) is 106 Å². The molecule has 3 aromatic rings. The number of nitrogens with one attached hydrogen (secondary N) is 1. The highest BCUT2D eigenvalue weighted by Crippen LogP contribution is 2.42. The second-order valence-corrected chi connectivity index (χ2v) is 9.03. The van der Waals surface area contributed by atoms with Crippen LogP contribution in [0.4, 0.5) is 0 Å². The molecule has 4 rings (SSSR count). The van der Waals surface area contributed by atoms with Gasteiger partial charge in [-0.2, -0.15) is 5.10 Å². The van der Waals surface area contributed by atoms with Crippen LogP contribution >= 0.6 is 0 Å². The maximum atomic E-state index is 13.3. The fourth-order valence-electron chi connectivity index (χ4n) is 4.46. The number of aromatic amines is 1. The fraction of sp³-hybridized carbons (Fsp3) is 0.500. The van der Waals surface area contributed by atoms with Gasteiger partial charge in [0.2, 0.25) is 0 Å². The third-order valence-electron chi connectivity index (χ3n) is 6.17. The lowest BCUT2D eigenvalue weighted by Crippen LogP contribution is -2.32. The molecule has 0 saturated carbocycles. The summed E-state index contributed by atoms with van der Waals surface area (Å²) in [5, 5.41) is 4.53. The first-order chi connectivity index (χ1) is 14.7. The summed E-state index contributed by atoms with van der Waals surface area (Å²) >= 11 is 0. The summed E-state index contributed by atoms with van der Waals surface area (Å²) in [4.78, 5) is 46.4. The number of H-pyrrole nitrogens is 1. The van der Waals surface area contributed by atoms with E-state index in [1.54, 1.807) is 10.7 Å². The lowest BCUT2D eigenvalue weighted by Gasteiger charge is -2.24. The molecular weight excluding hydrogens is 396 g/mol. The second kappa shape index (κ2) is 7.79. The number of likely N-dealkylation sites (tertiary alicyclic amines) is 1. The predicted octanol–water partition coefficient (Wildman–Crippen LogP) is 1.88. The number of aromatic nitrogens is 5. The fourth-order valence-corrected chi connectivity index (χ4v) is 4.46. The van der Waals surface area contributed by atoms with Crippen LogP contribution in [0.15, 0.2) is 34.2 Å². The summed E-state index contributed by atoms with van der Waals surface area (Å²) in [7, 11) is 1.88. The first kappa shape index (κ1) is 21.0. The summed E-state index contributed by atoms with van der Waals surface area (Å²) in [6, 6.07) is 1.55. The van der Waals surface area contributed by atoms with Gasteiger partial charge in [-0.3, -0.25) is 23.8 Å². The van der Waals surface area contributed by atoms with Crippen molar-refractivity contribution in [1.82, 2.24) is 29.2 Å². The van der Waals surface area contributed by atoms with Crippen molar-refractivity contribution in [3.8, 4) is 0 Å². The third-order valence-corrected chi connectivity index (χ3v) is 6.17. The van der Waals surface area contributed by atoms with Crippen LogP contribution < -0.4 is 11.2 Å². The lowest BCUT2D eigenvalue weighted by molar-refractivity contribution is 0.0777. The molecular formula is C22H28N6O3. The summed E-state index contributed by atoms with van der Waals surface area (Å²) in [5.41, 5.74) is 0.662. The zero-order chi connectivity index (χ0) is 22.3. The van der Waals surface area contributed by atoms with Crippen LogP contribution in [-0.2, 0) is 13.6 Å². The first-order valence-corrected chi connectivity index (χ1v) is 10.6. The van der Waals surface area contributed by atoms with Crippen molar-refractivity contribution in [1.29, 1.82) is 0 Å². The molecule has 0 radical (unpaired) electrons. The molecule has 1 atom stereocenters. The summed E-state index contributed by atoms with van der Waals surface area (Å²) in [6.07, 6.45) is 7.02. The molecule has 9 heteroatoms. The molecule has 4 heterocycles. The van der Waals surface area contributed by atoms with Crippen LogP contribution in [0, 0.1) is 5.41 Å². The van der Waals surface area contributed by atoms with Crippen molar-refractivity contribution in [3.05, 3.63) is 56.6 Å². The average molecular weight is 425 g/mol. The Hall–Kier alpha value is -3.23. The molecule has 1 unspecified atom stereocenters. The number of pyridine rings is 1. The van der Waals surface area contributed by atoms with E-state index in [0.717, 1.165) is 18.4 Å². The molecule has 0 spiro atoms. The molecule has 1 aliphatic heterocycles. The number of carbonyl (C=O) groups is 1. The smallest absolute Gasteiger partial charge is 0.329 e. The van der Waals surface area contributed by atoms with Crippen molar-refractivity contribution in [2.45, 2.75) is 46.1 Å². The molecule has 1 fully saturated rings. The Bertz CT molecular complexity index is 1250. The van der Waals surface area contributed by atoms with E-state index in [-0.39, 0.29) is 22.6 Å². The van der Waals surface area contributed by atoms with Gasteiger partial charge < -0.3 is 4.90 Å². The van der Waals surface area contributed by atoms with E-state index in [4.69, 9.17) is 0 Å². The minimum absolute atomic E-state index is 0.110. The molecule has 0 bridgehead atoms. The Morgan fingerprint density at radius 1 is 1.29 bits per heavy atom. The monoisotopic (exact) mass is 424 g/mol. The summed E-state index contributed by atoms with van der Waals surface area (Å²) in [5.74, 6) is 0.000709. The van der Waals surface area contributed by atoms with Gasteiger partial charge in [-0.05, 0) is 23.5 Å². The molecule has 1 saturated heterocycles. The molecule has 1 amide bonds. The number of fused-ring (bicyclic) bond motifs is 1. The standard InChI is InChI=1S/C22H28N6O3/c1-5-6-7-28-18-16(19(29)25-21(28)31)8-14(9-23-18)20(30)27-12-17(22(2,3)13-27)15-10-24-26(4)11-15/h8-11,17H,5-7,12-13H2,1-4H3,(H,25,29,31). The average Bonchev–Trinajstić information content (AvgIpc) is 3.29. The number of nitrogens with zero attached hydrogens (tertiary/aromatic N) is 5. The van der Waals surface area contributed by atoms with E-state index < -0.39 is 11.2 Å². The van der Waals surface area contributed by atoms with E-state index in [0.29, 0.717) is 30.8 Å². The SMILES string of the molecule is CCCCn1c(=O)[nH]c(=O)c2cc(C(=O)N3CC(c4cnn(C)c4)C(C)(C)C3)cnc21. The Morgan fingerprint density at radius 3 is 2.74 bits per heavy atom. The molecule has 1 N–H and O–H groups in total. The molecule has 31 heavy (non-hydrogen) atoms. The molecule has 3 aromatic heterocycles. The number of unbranched alkanes of at least 4 members (excludes halogenated alkanes) is 1. The summed E-state index contributed by atoms with van der Waals surface area (Å²) in [6.45, 7) is 7.95. The highest BCUT2D eigenvalue weighted by molar-refractivity contribution is 5.97. The normalized spacial score (nSPS) is 18.1. The number of aryl methyl sites for hydroxylation is 2. The Labute approximate surface area is 179 Å². The van der Waals surface area contributed by atoms with Crippen LogP contribution in [0.25, 0.3) is 11.0 Å². The van der Waals surface area contributed by atoms with Gasteiger partial charge in [0, 0.05) is 45.0 Å². The van der Waals surface area contributed by atoms with Gasteiger partial charge >= 0.3 is 5.69 Å². The summed E-state index contributed by atoms with van der Waals surface area (Å²) < 4.78 is 3.24. The van der Waals surface area contributed by atoms with E-state index in [2.05, 4.69) is 28.9 Å². The van der Waals surface area contributed by atoms with Crippen LogP contribution in [0.2, 0.25) is 0 Å². The molecule has 1 aliphatic rings. The zero-order valence-corrected chi connectivity index (χ0v) is 18.4. The van der Waals surface area contributed by atoms with Crippen molar-refractivity contribution in [3.63, 3.8) is 0 Å². The highest BCUT2D eigenvalue weighted by atomic mass is 16.2. The zero-order valence-electron chi connectivity index (χ0n) is 18.4. The third kappa shape index (κ3) is 3.80. The number of rotatable bonds is 5. The van der Waals surface area contributed by atoms with Gasteiger partial charge in [-0.25, -0.2) is 9.78 Å². The van der Waals surface area contributed by atoms with Gasteiger partial charge in [0.1, 0.15) is 5.65 Å². The molecule has 0 aromatic carbocycles. The molecule has 0 aliphatic carbocycles. The number of carbonyl (C=O) groups excluding carboxylic acids is 1. The second-order valence-electron chi connectivity index (χ2n) is 9.03. The molecule has 164 valence electrons. The number of hydrogen-bond acceptors (Lipinski definition) is 5. The quantitative estimate of drug-likeness (QED) is 0.673. The van der Waals surface area contributed by atoms with Crippen molar-refractivity contribution < 1.29 is 4.79 Å². The highest BCUT2D eigenvalue weighted by Gasteiger charge is 2.42. The minimum Gasteiger partial charge on any atom is -0.337 e. The Morgan fingerprint density at radius 2 is 2.06 bits per heavy atom. The largest absolute Gasteiger partial charge is 0.337 e. The van der Waals surface area contributed by atoms with Crippen LogP contribution in [0.3, 0.4) is 0 Å². The van der Waals surface area contributed by atoms with E-state index in [1.807, 2.05) is 31.3 Å². The maximum Gasteiger partial charge on any atom is 0.329 e. The number of amides is 1. The van der Waals surface area contributed by atoms with Gasteiger partial charge in [-0.1, -0.05) is 27.2 Å². The first-order valence-electron chi connectivity index (χ1n) is 10.6. The van der Waals surface area contributed by atoms with Crippen molar-refractivity contribution in [2.75, 3.05) is 13.1 Å². The Kier molecular flexibility index (Phi) is 5.28. The van der Waals surface area contributed by atoms with Crippen molar-refractivity contribution in [2.24, 2.45) is 12.5 Å². The van der Waals surface area contributed by atoms with E-state index in [9.17, 15) is 14.4 Å². The van der Waals surface area contributed by atoms with E-state index >= 15 is 0 Å². The molecule has 9 nitrogen and oxygen atoms in total. The van der Waals surface area contributed by atoms with Gasteiger partial charge in [0.15, 0.2) is 0 Å². The van der Waals surface area contributed by atoms with Crippen LogP contribution in [-0.4, -0.2) is 48.2 Å². The van der Waals surface area contributed by atoms with Crippen molar-refractivity contribution >= 4 is 16.9 Å².